The van der Waals surface area contributed by atoms with Crippen LogP contribution in [0.4, 0.5) is 5.69 Å². The summed E-state index contributed by atoms with van der Waals surface area (Å²) in [6, 6.07) is 12.2. The molecule has 0 radical (unpaired) electrons. The minimum absolute atomic E-state index is 0.179. The Morgan fingerprint density at radius 3 is 2.59 bits per heavy atom. The van der Waals surface area contributed by atoms with Crippen molar-refractivity contribution >= 4 is 34.3 Å². The second-order valence-electron chi connectivity index (χ2n) is 7.11. The van der Waals surface area contributed by atoms with Gasteiger partial charge in [0.2, 0.25) is 0 Å². The Bertz CT molecular complexity index is 1080. The molecule has 1 aliphatic rings. The molecule has 0 bridgehead atoms. The van der Waals surface area contributed by atoms with Crippen LogP contribution in [-0.2, 0) is 0 Å². The monoisotopic (exact) mass is 361 g/mol. The van der Waals surface area contributed by atoms with Gasteiger partial charge in [-0.1, -0.05) is 19.9 Å². The number of rotatable bonds is 4. The summed E-state index contributed by atoms with van der Waals surface area (Å²) in [5.41, 5.74) is 2.55. The Morgan fingerprint density at radius 2 is 1.81 bits per heavy atom. The molecule has 0 fully saturated rings. The van der Waals surface area contributed by atoms with E-state index in [-0.39, 0.29) is 29.2 Å². The molecule has 2 heterocycles. The first-order valence-electron chi connectivity index (χ1n) is 8.83. The fraction of sp³-hybridized carbons (Fsp3) is 0.190. The topological polar surface area (TPSA) is 82.3 Å². The van der Waals surface area contributed by atoms with Gasteiger partial charge in [0.25, 0.3) is 17.7 Å². The number of benzene rings is 2. The molecule has 0 saturated heterocycles. The summed E-state index contributed by atoms with van der Waals surface area (Å²) >= 11 is 0. The highest BCUT2D eigenvalue weighted by Crippen LogP contribution is 2.25. The van der Waals surface area contributed by atoms with Crippen LogP contribution in [0.15, 0.2) is 48.7 Å². The summed E-state index contributed by atoms with van der Waals surface area (Å²) in [5.74, 6) is -0.789. The van der Waals surface area contributed by atoms with Gasteiger partial charge in [0.1, 0.15) is 0 Å². The van der Waals surface area contributed by atoms with Crippen LogP contribution in [-0.4, -0.2) is 34.2 Å². The highest BCUT2D eigenvalue weighted by atomic mass is 16.2. The van der Waals surface area contributed by atoms with Crippen molar-refractivity contribution in [3.8, 4) is 0 Å². The van der Waals surface area contributed by atoms with E-state index in [0.29, 0.717) is 23.4 Å². The molecule has 27 heavy (non-hydrogen) atoms. The van der Waals surface area contributed by atoms with Gasteiger partial charge in [-0.05, 0) is 47.7 Å². The molecule has 4 rings (SSSR count). The second-order valence-corrected chi connectivity index (χ2v) is 7.11. The lowest BCUT2D eigenvalue weighted by molar-refractivity contribution is 0.0636. The van der Waals surface area contributed by atoms with Crippen molar-refractivity contribution < 1.29 is 14.4 Å². The van der Waals surface area contributed by atoms with E-state index in [1.54, 1.807) is 12.1 Å². The van der Waals surface area contributed by atoms with Crippen molar-refractivity contribution in [2.45, 2.75) is 13.8 Å². The molecule has 3 amide bonds. The molecule has 0 aliphatic carbocycles. The Morgan fingerprint density at radius 1 is 1.04 bits per heavy atom. The lowest BCUT2D eigenvalue weighted by Gasteiger charge is -2.15. The van der Waals surface area contributed by atoms with Crippen molar-refractivity contribution in [1.82, 2.24) is 9.88 Å². The molecule has 2 N–H and O–H groups in total. The van der Waals surface area contributed by atoms with Crippen molar-refractivity contribution in [3.63, 3.8) is 0 Å². The number of aromatic nitrogens is 1. The van der Waals surface area contributed by atoms with Gasteiger partial charge in [0, 0.05) is 29.5 Å². The quantitative estimate of drug-likeness (QED) is 0.696. The lowest BCUT2D eigenvalue weighted by Crippen LogP contribution is -2.33. The smallest absolute Gasteiger partial charge is 0.261 e. The minimum Gasteiger partial charge on any atom is -0.361 e. The number of amides is 3. The predicted molar refractivity (Wildman–Crippen MR) is 103 cm³/mol. The summed E-state index contributed by atoms with van der Waals surface area (Å²) in [6.45, 7) is 4.26. The van der Waals surface area contributed by atoms with Crippen LogP contribution in [0.25, 0.3) is 10.9 Å². The Kier molecular flexibility index (Phi) is 4.03. The van der Waals surface area contributed by atoms with Crippen molar-refractivity contribution in [2.24, 2.45) is 5.92 Å². The number of aromatic amines is 1. The van der Waals surface area contributed by atoms with E-state index < -0.39 is 0 Å². The number of fused-ring (bicyclic) bond motifs is 2. The first-order valence-corrected chi connectivity index (χ1v) is 8.83. The summed E-state index contributed by atoms with van der Waals surface area (Å²) < 4.78 is 0. The molecule has 3 aromatic rings. The highest BCUT2D eigenvalue weighted by molar-refractivity contribution is 6.22. The summed E-state index contributed by atoms with van der Waals surface area (Å²) in [4.78, 5) is 41.9. The van der Waals surface area contributed by atoms with Crippen molar-refractivity contribution in [1.29, 1.82) is 0 Å². The lowest BCUT2D eigenvalue weighted by atomic mass is 10.1. The van der Waals surface area contributed by atoms with E-state index in [1.165, 1.54) is 11.0 Å². The molecule has 0 spiro atoms. The normalized spacial score (nSPS) is 13.5. The maximum Gasteiger partial charge on any atom is 0.261 e. The first kappa shape index (κ1) is 17.0. The van der Waals surface area contributed by atoms with E-state index in [0.717, 1.165) is 10.9 Å². The van der Waals surface area contributed by atoms with E-state index in [4.69, 9.17) is 0 Å². The van der Waals surface area contributed by atoms with Crippen LogP contribution >= 0.6 is 0 Å². The molecular formula is C21H19N3O3. The molecule has 0 atom stereocenters. The van der Waals surface area contributed by atoms with E-state index in [1.807, 2.05) is 44.3 Å². The zero-order chi connectivity index (χ0) is 19.1. The second kappa shape index (κ2) is 6.39. The van der Waals surface area contributed by atoms with Gasteiger partial charge >= 0.3 is 0 Å². The minimum atomic E-state index is -0.342. The number of carbonyl (C=O) groups excluding carboxylic acids is 3. The number of anilines is 1. The SMILES string of the molecule is CC(C)CN1C(=O)c2ccc(C(=O)Nc3ccc4cc[nH]c4c3)cc2C1=O. The van der Waals surface area contributed by atoms with Crippen molar-refractivity contribution in [2.75, 3.05) is 11.9 Å². The molecule has 6 nitrogen and oxygen atoms in total. The molecule has 6 heteroatoms. The average Bonchev–Trinajstić information content (AvgIpc) is 3.19. The number of hydrogen-bond donors (Lipinski definition) is 2. The molecule has 0 saturated carbocycles. The van der Waals surface area contributed by atoms with Gasteiger partial charge in [-0.25, -0.2) is 0 Å². The van der Waals surface area contributed by atoms with Gasteiger partial charge in [-0.3, -0.25) is 19.3 Å². The average molecular weight is 361 g/mol. The van der Waals surface area contributed by atoms with Gasteiger partial charge in [-0.15, -0.1) is 0 Å². The third-order valence-corrected chi connectivity index (χ3v) is 4.59. The number of hydrogen-bond acceptors (Lipinski definition) is 3. The fourth-order valence-corrected chi connectivity index (χ4v) is 3.29. The van der Waals surface area contributed by atoms with E-state index in [9.17, 15) is 14.4 Å². The third kappa shape index (κ3) is 2.99. The fourth-order valence-electron chi connectivity index (χ4n) is 3.29. The maximum atomic E-state index is 12.6. The van der Waals surface area contributed by atoms with E-state index in [2.05, 4.69) is 10.3 Å². The Hall–Kier alpha value is -3.41. The van der Waals surface area contributed by atoms with Crippen LogP contribution < -0.4 is 5.32 Å². The summed E-state index contributed by atoms with van der Waals surface area (Å²) in [7, 11) is 0. The molecule has 136 valence electrons. The van der Waals surface area contributed by atoms with Crippen LogP contribution in [0, 0.1) is 5.92 Å². The molecule has 2 aromatic carbocycles. The molecule has 1 aliphatic heterocycles. The first-order chi connectivity index (χ1) is 12.9. The standard InChI is InChI=1S/C21H19N3O3/c1-12(2)11-24-20(26)16-6-4-14(9-17(16)21(24)27)19(25)23-15-5-3-13-7-8-22-18(13)10-15/h3-10,12,22H,11H2,1-2H3,(H,23,25). The number of nitrogens with one attached hydrogen (secondary N) is 2. The number of H-pyrrole nitrogens is 1. The van der Waals surface area contributed by atoms with Crippen LogP contribution in [0.5, 0.6) is 0 Å². The largest absolute Gasteiger partial charge is 0.361 e. The van der Waals surface area contributed by atoms with Crippen LogP contribution in [0.1, 0.15) is 44.9 Å². The molecular weight excluding hydrogens is 342 g/mol. The molecule has 1 aromatic heterocycles. The Balaban J connectivity index is 1.59. The summed E-state index contributed by atoms with van der Waals surface area (Å²) in [6.07, 6.45) is 1.84. The molecule has 0 unspecified atom stereocenters. The van der Waals surface area contributed by atoms with E-state index >= 15 is 0 Å². The number of nitrogens with zero attached hydrogens (tertiary/aromatic N) is 1. The Labute approximate surface area is 156 Å². The van der Waals surface area contributed by atoms with Crippen molar-refractivity contribution in [3.05, 3.63) is 65.4 Å². The summed E-state index contributed by atoms with van der Waals surface area (Å²) in [5, 5.41) is 3.89. The maximum absolute atomic E-state index is 12.6. The van der Waals surface area contributed by atoms with Gasteiger partial charge in [-0.2, -0.15) is 0 Å². The predicted octanol–water partition coefficient (Wildman–Crippen LogP) is 3.67. The van der Waals surface area contributed by atoms with Gasteiger partial charge < -0.3 is 10.3 Å². The van der Waals surface area contributed by atoms with Crippen LogP contribution in [0.2, 0.25) is 0 Å². The highest BCUT2D eigenvalue weighted by Gasteiger charge is 2.36. The van der Waals surface area contributed by atoms with Gasteiger partial charge in [0.15, 0.2) is 0 Å². The van der Waals surface area contributed by atoms with Crippen LogP contribution in [0.3, 0.4) is 0 Å². The zero-order valence-corrected chi connectivity index (χ0v) is 15.1. The third-order valence-electron chi connectivity index (χ3n) is 4.59. The zero-order valence-electron chi connectivity index (χ0n) is 15.1. The number of carbonyl (C=O) groups is 3. The van der Waals surface area contributed by atoms with Gasteiger partial charge in [0.05, 0.1) is 11.1 Å². The number of imide groups is 1.